The molecule has 0 N–H and O–H groups in total. The third kappa shape index (κ3) is 4.81. The first-order valence-corrected chi connectivity index (χ1v) is 20.7. The average Bonchev–Trinajstić information content (AvgIpc) is 3.95. The Balaban J connectivity index is 1.16. The SMILES string of the molecule is c1ccc(-n2c3ccccc3c3ccc(-c4nc(-n5c6cc7ccccc7cc6c6c7ccccc7ccc65)c5c(n4)sc4cc(-c6ccncc6)ccc45)cc32)cc1. The van der Waals surface area contributed by atoms with Crippen LogP contribution in [0.15, 0.2) is 188 Å². The monoisotopic (exact) mass is 769 g/mol. The third-order valence-electron chi connectivity index (χ3n) is 12.0. The number of hydrogen-bond acceptors (Lipinski definition) is 4. The minimum Gasteiger partial charge on any atom is -0.309 e. The Kier molecular flexibility index (Phi) is 6.82. The van der Waals surface area contributed by atoms with E-state index in [1.807, 2.05) is 12.4 Å². The topological polar surface area (TPSA) is 48.5 Å². The zero-order valence-corrected chi connectivity index (χ0v) is 32.4. The number of rotatable bonds is 4. The number of benzene rings is 8. The molecule has 13 aromatic rings. The second kappa shape index (κ2) is 12.4. The Morgan fingerprint density at radius 3 is 1.95 bits per heavy atom. The number of thiophene rings is 1. The van der Waals surface area contributed by atoms with Gasteiger partial charge in [-0.3, -0.25) is 9.55 Å². The minimum absolute atomic E-state index is 0.691. The molecular formula is C53H31N5S. The van der Waals surface area contributed by atoms with E-state index < -0.39 is 0 Å². The zero-order valence-electron chi connectivity index (χ0n) is 31.5. The molecule has 0 saturated carbocycles. The van der Waals surface area contributed by atoms with Gasteiger partial charge >= 0.3 is 0 Å². The van der Waals surface area contributed by atoms with Gasteiger partial charge in [0.1, 0.15) is 4.83 Å². The van der Waals surface area contributed by atoms with Crippen molar-refractivity contribution in [1.82, 2.24) is 24.1 Å². The lowest BCUT2D eigenvalue weighted by atomic mass is 10.0. The van der Waals surface area contributed by atoms with E-state index >= 15 is 0 Å². The molecule has 59 heavy (non-hydrogen) atoms. The molecule has 0 aliphatic rings. The number of pyridine rings is 1. The van der Waals surface area contributed by atoms with Gasteiger partial charge in [0.2, 0.25) is 0 Å². The van der Waals surface area contributed by atoms with E-state index in [1.165, 1.54) is 53.3 Å². The van der Waals surface area contributed by atoms with Crippen LogP contribution in [0.1, 0.15) is 0 Å². The Morgan fingerprint density at radius 1 is 0.390 bits per heavy atom. The number of aromatic nitrogens is 5. The highest BCUT2D eigenvalue weighted by Gasteiger charge is 2.23. The molecule has 0 aliphatic carbocycles. The maximum absolute atomic E-state index is 5.68. The molecular weight excluding hydrogens is 739 g/mol. The van der Waals surface area contributed by atoms with Crippen LogP contribution in [0, 0.1) is 0 Å². The van der Waals surface area contributed by atoms with Crippen molar-refractivity contribution < 1.29 is 0 Å². The van der Waals surface area contributed by atoms with Crippen molar-refractivity contribution in [2.45, 2.75) is 0 Å². The summed E-state index contributed by atoms with van der Waals surface area (Å²) in [5.74, 6) is 1.57. The lowest BCUT2D eigenvalue weighted by Crippen LogP contribution is -2.02. The van der Waals surface area contributed by atoms with Gasteiger partial charge in [-0.25, -0.2) is 9.97 Å². The van der Waals surface area contributed by atoms with Gasteiger partial charge in [0, 0.05) is 55.3 Å². The normalized spacial score (nSPS) is 12.1. The van der Waals surface area contributed by atoms with E-state index in [4.69, 9.17) is 9.97 Å². The van der Waals surface area contributed by atoms with Crippen LogP contribution in [0.2, 0.25) is 0 Å². The van der Waals surface area contributed by atoms with Gasteiger partial charge in [0.15, 0.2) is 11.6 Å². The first kappa shape index (κ1) is 32.4. The highest BCUT2D eigenvalue weighted by molar-refractivity contribution is 7.25. The van der Waals surface area contributed by atoms with Gasteiger partial charge in [-0.2, -0.15) is 0 Å². The minimum atomic E-state index is 0.691. The molecule has 5 nitrogen and oxygen atoms in total. The second-order valence-electron chi connectivity index (χ2n) is 15.3. The summed E-state index contributed by atoms with van der Waals surface area (Å²) in [5, 5.41) is 11.9. The Hall–Kier alpha value is -7.67. The first-order chi connectivity index (χ1) is 29.2. The largest absolute Gasteiger partial charge is 0.309 e. The van der Waals surface area contributed by atoms with Crippen LogP contribution in [0.5, 0.6) is 0 Å². The first-order valence-electron chi connectivity index (χ1n) is 19.8. The molecule has 0 unspecified atom stereocenters. The van der Waals surface area contributed by atoms with Crippen LogP contribution < -0.4 is 0 Å². The standard InChI is InChI=1S/C53H31N5S/c1-2-13-38(14-3-1)57-44-17-9-8-16-40(44)41-21-19-37(30-46(41)57)51-55-52(50-42-22-18-36(32-24-26-54-27-25-32)31-48(42)59-53(50)56-51)58-45-23-20-33-10-6-7-15-39(33)49(45)43-28-34-11-4-5-12-35(34)29-47(43)58/h1-31H. The van der Waals surface area contributed by atoms with E-state index in [2.05, 4.69) is 190 Å². The zero-order chi connectivity index (χ0) is 38.6. The third-order valence-corrected chi connectivity index (χ3v) is 13.1. The van der Waals surface area contributed by atoms with Gasteiger partial charge in [0.25, 0.3) is 0 Å². The molecule has 0 radical (unpaired) electrons. The van der Waals surface area contributed by atoms with Crippen LogP contribution in [0.25, 0.3) is 119 Å². The predicted octanol–water partition coefficient (Wildman–Crippen LogP) is 14.1. The second-order valence-corrected chi connectivity index (χ2v) is 16.3. The van der Waals surface area contributed by atoms with Crippen LogP contribution in [-0.2, 0) is 0 Å². The van der Waals surface area contributed by atoms with Crippen molar-refractivity contribution >= 4 is 96.8 Å². The molecule has 0 saturated heterocycles. The molecule has 0 amide bonds. The maximum atomic E-state index is 5.68. The molecule has 0 aliphatic heterocycles. The quantitative estimate of drug-likeness (QED) is 0.179. The van der Waals surface area contributed by atoms with E-state index in [1.54, 1.807) is 11.3 Å². The predicted molar refractivity (Wildman–Crippen MR) is 247 cm³/mol. The summed E-state index contributed by atoms with van der Waals surface area (Å²) in [5.41, 5.74) is 8.89. The molecule has 13 rings (SSSR count). The molecule has 5 heterocycles. The van der Waals surface area contributed by atoms with Crippen molar-refractivity contribution in [1.29, 1.82) is 0 Å². The summed E-state index contributed by atoms with van der Waals surface area (Å²) in [6.45, 7) is 0. The van der Waals surface area contributed by atoms with Crippen molar-refractivity contribution in [2.75, 3.05) is 0 Å². The smallest absolute Gasteiger partial charge is 0.163 e. The summed E-state index contributed by atoms with van der Waals surface area (Å²) in [4.78, 5) is 16.4. The molecule has 6 heteroatoms. The highest BCUT2D eigenvalue weighted by atomic mass is 32.1. The van der Waals surface area contributed by atoms with Crippen molar-refractivity contribution in [3.05, 3.63) is 188 Å². The summed E-state index contributed by atoms with van der Waals surface area (Å²) in [6.07, 6.45) is 3.70. The van der Waals surface area contributed by atoms with E-state index in [0.717, 1.165) is 60.3 Å². The molecule has 8 aromatic carbocycles. The fourth-order valence-electron chi connectivity index (χ4n) is 9.34. The van der Waals surface area contributed by atoms with Crippen LogP contribution in [-0.4, -0.2) is 24.1 Å². The van der Waals surface area contributed by atoms with Gasteiger partial charge in [-0.15, -0.1) is 11.3 Å². The number of para-hydroxylation sites is 2. The fraction of sp³-hybridized carbons (Fsp3) is 0. The van der Waals surface area contributed by atoms with E-state index in [0.29, 0.717) is 5.82 Å². The van der Waals surface area contributed by atoms with Crippen molar-refractivity contribution in [2.24, 2.45) is 0 Å². The Morgan fingerprint density at radius 2 is 1.08 bits per heavy atom. The van der Waals surface area contributed by atoms with Gasteiger partial charge in [0.05, 0.1) is 27.5 Å². The van der Waals surface area contributed by atoms with E-state index in [9.17, 15) is 0 Å². The molecule has 0 atom stereocenters. The van der Waals surface area contributed by atoms with Gasteiger partial charge in [-0.05, 0) is 93.3 Å². The molecule has 274 valence electrons. The average molecular weight is 770 g/mol. The fourth-order valence-corrected chi connectivity index (χ4v) is 10.4. The maximum Gasteiger partial charge on any atom is 0.163 e. The molecule has 0 spiro atoms. The summed E-state index contributed by atoms with van der Waals surface area (Å²) in [6, 6.07) is 63.4. The lowest BCUT2D eigenvalue weighted by molar-refractivity contribution is 1.08. The Bertz CT molecular complexity index is 3840. The summed E-state index contributed by atoms with van der Waals surface area (Å²) >= 11 is 1.73. The van der Waals surface area contributed by atoms with Crippen LogP contribution >= 0.6 is 11.3 Å². The molecule has 0 fully saturated rings. The highest BCUT2D eigenvalue weighted by Crippen LogP contribution is 2.44. The van der Waals surface area contributed by atoms with Gasteiger partial charge in [-0.1, -0.05) is 115 Å². The summed E-state index contributed by atoms with van der Waals surface area (Å²) in [7, 11) is 0. The number of fused-ring (bicyclic) bond motifs is 12. The Labute approximate surface area is 341 Å². The molecule has 5 aromatic heterocycles. The number of nitrogens with zero attached hydrogens (tertiary/aromatic N) is 5. The van der Waals surface area contributed by atoms with E-state index in [-0.39, 0.29) is 0 Å². The summed E-state index contributed by atoms with van der Waals surface area (Å²) < 4.78 is 5.93. The lowest BCUT2D eigenvalue weighted by Gasteiger charge is -2.13. The molecule has 0 bridgehead atoms. The van der Waals surface area contributed by atoms with Gasteiger partial charge < -0.3 is 4.57 Å². The van der Waals surface area contributed by atoms with Crippen molar-refractivity contribution in [3.63, 3.8) is 0 Å². The van der Waals surface area contributed by atoms with Crippen LogP contribution in [0.4, 0.5) is 0 Å². The van der Waals surface area contributed by atoms with Crippen molar-refractivity contribution in [3.8, 4) is 34.0 Å². The number of hydrogen-bond donors (Lipinski definition) is 0. The van der Waals surface area contributed by atoms with Crippen LogP contribution in [0.3, 0.4) is 0 Å².